The van der Waals surface area contributed by atoms with E-state index in [0.717, 1.165) is 6.07 Å². The Morgan fingerprint density at radius 2 is 2.28 bits per heavy atom. The van der Waals surface area contributed by atoms with Gasteiger partial charge in [-0.25, -0.2) is 9.37 Å². The third-order valence-corrected chi connectivity index (χ3v) is 3.12. The Morgan fingerprint density at radius 3 is 3.00 bits per heavy atom. The molecule has 2 atom stereocenters. The topological polar surface area (TPSA) is 64.4 Å². The number of nitrogens with zero attached hydrogens (tertiary/aromatic N) is 2. The molecule has 1 fully saturated rings. The van der Waals surface area contributed by atoms with E-state index in [1.807, 2.05) is 0 Å². The third kappa shape index (κ3) is 1.70. The number of halogens is 1. The minimum absolute atomic E-state index is 0.193. The Kier molecular flexibility index (Phi) is 2.61. The molecule has 6 heteroatoms. The molecule has 0 amide bonds. The van der Waals surface area contributed by atoms with E-state index >= 15 is 0 Å². The number of hydrogen-bond donors (Lipinski definition) is 1. The maximum atomic E-state index is 13.2. The second kappa shape index (κ2) is 4.15. The van der Waals surface area contributed by atoms with Gasteiger partial charge < -0.3 is 9.84 Å². The van der Waals surface area contributed by atoms with E-state index in [0.29, 0.717) is 5.52 Å². The number of hydrogen-bond acceptors (Lipinski definition) is 4. The molecule has 0 bridgehead atoms. The van der Waals surface area contributed by atoms with Crippen LogP contribution < -0.4 is 5.56 Å². The summed E-state index contributed by atoms with van der Waals surface area (Å²) in [7, 11) is 0. The first-order valence-corrected chi connectivity index (χ1v) is 5.59. The number of rotatable bonds is 1. The molecule has 1 saturated heterocycles. The van der Waals surface area contributed by atoms with Crippen molar-refractivity contribution in [2.75, 3.05) is 13.2 Å². The zero-order valence-corrected chi connectivity index (χ0v) is 9.41. The van der Waals surface area contributed by atoms with Crippen LogP contribution in [0.5, 0.6) is 0 Å². The summed E-state index contributed by atoms with van der Waals surface area (Å²) in [6.45, 7) is 0.446. The van der Waals surface area contributed by atoms with E-state index in [1.165, 1.54) is 23.0 Å². The van der Waals surface area contributed by atoms with Crippen molar-refractivity contribution in [3.05, 3.63) is 40.7 Å². The highest BCUT2D eigenvalue weighted by atomic mass is 19.1. The summed E-state index contributed by atoms with van der Waals surface area (Å²) in [4.78, 5) is 16.3. The molecule has 2 aromatic rings. The fourth-order valence-electron chi connectivity index (χ4n) is 2.14. The van der Waals surface area contributed by atoms with Crippen LogP contribution in [0.15, 0.2) is 29.3 Å². The van der Waals surface area contributed by atoms with Crippen molar-refractivity contribution >= 4 is 10.9 Å². The predicted octanol–water partition coefficient (Wildman–Crippen LogP) is 0.468. The third-order valence-electron chi connectivity index (χ3n) is 3.12. The van der Waals surface area contributed by atoms with Gasteiger partial charge in [-0.3, -0.25) is 9.36 Å². The quantitative estimate of drug-likeness (QED) is 0.799. The number of ether oxygens (including phenoxy) is 1. The summed E-state index contributed by atoms with van der Waals surface area (Å²) < 4.78 is 19.6. The molecule has 1 aromatic carbocycles. The summed E-state index contributed by atoms with van der Waals surface area (Å²) in [6.07, 6.45) is 0.626. The lowest BCUT2D eigenvalue weighted by Crippen LogP contribution is -2.31. The maximum Gasteiger partial charge on any atom is 0.261 e. The first-order valence-electron chi connectivity index (χ1n) is 5.59. The average molecular weight is 250 g/mol. The Bertz CT molecular complexity index is 655. The van der Waals surface area contributed by atoms with E-state index in [1.54, 1.807) is 0 Å². The summed E-state index contributed by atoms with van der Waals surface area (Å²) in [5.41, 5.74) is 0.0695. The SMILES string of the molecule is O=c1c2cc(F)ccc2ncn1[C@H]1COC[C@@H]1O. The summed E-state index contributed by atoms with van der Waals surface area (Å²) >= 11 is 0. The van der Waals surface area contributed by atoms with Gasteiger partial charge in [0, 0.05) is 0 Å². The van der Waals surface area contributed by atoms with E-state index in [-0.39, 0.29) is 24.2 Å². The first-order chi connectivity index (χ1) is 8.66. The lowest BCUT2D eigenvalue weighted by Gasteiger charge is -2.15. The van der Waals surface area contributed by atoms with Gasteiger partial charge in [0.2, 0.25) is 0 Å². The van der Waals surface area contributed by atoms with Crippen molar-refractivity contribution in [2.24, 2.45) is 0 Å². The van der Waals surface area contributed by atoms with Crippen molar-refractivity contribution in [2.45, 2.75) is 12.1 Å². The zero-order valence-electron chi connectivity index (χ0n) is 9.41. The van der Waals surface area contributed by atoms with E-state index in [2.05, 4.69) is 4.98 Å². The van der Waals surface area contributed by atoms with Gasteiger partial charge >= 0.3 is 0 Å². The molecule has 0 radical (unpaired) electrons. The van der Waals surface area contributed by atoms with Crippen molar-refractivity contribution in [1.82, 2.24) is 9.55 Å². The molecule has 0 unspecified atom stereocenters. The molecule has 0 aliphatic carbocycles. The Labute approximate surface area is 101 Å². The highest BCUT2D eigenvalue weighted by Gasteiger charge is 2.28. The Balaban J connectivity index is 2.19. The second-order valence-electron chi connectivity index (χ2n) is 4.29. The first kappa shape index (κ1) is 11.3. The van der Waals surface area contributed by atoms with Crippen molar-refractivity contribution in [3.8, 4) is 0 Å². The van der Waals surface area contributed by atoms with Gasteiger partial charge in [-0.2, -0.15) is 0 Å². The van der Waals surface area contributed by atoms with E-state index in [4.69, 9.17) is 4.74 Å². The van der Waals surface area contributed by atoms with Crippen molar-refractivity contribution in [3.63, 3.8) is 0 Å². The molecule has 5 nitrogen and oxygen atoms in total. The molecule has 3 rings (SSSR count). The maximum absolute atomic E-state index is 13.2. The number of aliphatic hydroxyl groups excluding tert-OH is 1. The molecular weight excluding hydrogens is 239 g/mol. The molecule has 1 N–H and O–H groups in total. The fraction of sp³-hybridized carbons (Fsp3) is 0.333. The van der Waals surface area contributed by atoms with Crippen LogP contribution in [-0.4, -0.2) is 34.0 Å². The Morgan fingerprint density at radius 1 is 1.44 bits per heavy atom. The van der Waals surface area contributed by atoms with Gasteiger partial charge in [-0.05, 0) is 18.2 Å². The van der Waals surface area contributed by atoms with Crippen LogP contribution in [0, 0.1) is 5.82 Å². The lowest BCUT2D eigenvalue weighted by molar-refractivity contribution is 0.119. The molecule has 1 aliphatic heterocycles. The number of aliphatic hydroxyl groups is 1. The van der Waals surface area contributed by atoms with Crippen LogP contribution >= 0.6 is 0 Å². The van der Waals surface area contributed by atoms with Gasteiger partial charge in [-0.15, -0.1) is 0 Å². The van der Waals surface area contributed by atoms with E-state index in [9.17, 15) is 14.3 Å². The average Bonchev–Trinajstić information content (AvgIpc) is 2.77. The van der Waals surface area contributed by atoms with Gasteiger partial charge in [0.1, 0.15) is 11.9 Å². The Hall–Kier alpha value is -1.79. The summed E-state index contributed by atoms with van der Waals surface area (Å²) in [5, 5.41) is 9.91. The zero-order chi connectivity index (χ0) is 12.7. The van der Waals surface area contributed by atoms with Crippen molar-refractivity contribution < 1.29 is 14.2 Å². The standard InChI is InChI=1S/C12H11FN2O3/c13-7-1-2-9-8(3-7)12(17)15(6-14-9)10-4-18-5-11(10)16/h1-3,6,10-11,16H,4-5H2/t10-,11-/m0/s1. The van der Waals surface area contributed by atoms with Crippen LogP contribution in [0.4, 0.5) is 4.39 Å². The summed E-state index contributed by atoms with van der Waals surface area (Å²) in [6, 6.07) is 3.41. The molecule has 18 heavy (non-hydrogen) atoms. The minimum atomic E-state index is -0.740. The van der Waals surface area contributed by atoms with Gasteiger partial charge in [0.05, 0.1) is 36.5 Å². The monoisotopic (exact) mass is 250 g/mol. The van der Waals surface area contributed by atoms with Crippen LogP contribution in [0.3, 0.4) is 0 Å². The van der Waals surface area contributed by atoms with Gasteiger partial charge in [-0.1, -0.05) is 0 Å². The van der Waals surface area contributed by atoms with Crippen LogP contribution in [0.25, 0.3) is 10.9 Å². The van der Waals surface area contributed by atoms with Crippen LogP contribution in [0.1, 0.15) is 6.04 Å². The molecule has 2 heterocycles. The number of fused-ring (bicyclic) bond motifs is 1. The smallest absolute Gasteiger partial charge is 0.261 e. The fourth-order valence-corrected chi connectivity index (χ4v) is 2.14. The van der Waals surface area contributed by atoms with Crippen molar-refractivity contribution in [1.29, 1.82) is 0 Å². The van der Waals surface area contributed by atoms with Gasteiger partial charge in [0.25, 0.3) is 5.56 Å². The molecule has 0 spiro atoms. The lowest BCUT2D eigenvalue weighted by atomic mass is 10.2. The number of aromatic nitrogens is 2. The number of benzene rings is 1. The minimum Gasteiger partial charge on any atom is -0.388 e. The highest BCUT2D eigenvalue weighted by Crippen LogP contribution is 2.18. The van der Waals surface area contributed by atoms with E-state index < -0.39 is 18.0 Å². The van der Waals surface area contributed by atoms with Gasteiger partial charge in [0.15, 0.2) is 0 Å². The molecule has 94 valence electrons. The summed E-state index contributed by atoms with van der Waals surface area (Å²) in [5.74, 6) is -0.484. The highest BCUT2D eigenvalue weighted by molar-refractivity contribution is 5.77. The molecular formula is C12H11FN2O3. The molecule has 0 saturated carbocycles. The van der Waals surface area contributed by atoms with Crippen LogP contribution in [0.2, 0.25) is 0 Å². The normalized spacial score (nSPS) is 23.7. The molecule has 1 aromatic heterocycles. The van der Waals surface area contributed by atoms with Crippen LogP contribution in [-0.2, 0) is 4.74 Å². The second-order valence-corrected chi connectivity index (χ2v) is 4.29. The largest absolute Gasteiger partial charge is 0.388 e. The predicted molar refractivity (Wildman–Crippen MR) is 61.8 cm³/mol. The molecule has 1 aliphatic rings.